The molecule has 0 amide bonds. The van der Waals surface area contributed by atoms with Crippen LogP contribution in [0.15, 0.2) is 18.2 Å². The lowest BCUT2D eigenvalue weighted by atomic mass is 9.80. The zero-order chi connectivity index (χ0) is 12.9. The Labute approximate surface area is 107 Å². The van der Waals surface area contributed by atoms with Crippen LogP contribution in [0.2, 0.25) is 0 Å². The molecule has 0 aliphatic carbocycles. The summed E-state index contributed by atoms with van der Waals surface area (Å²) in [5.74, 6) is 0. The minimum absolute atomic E-state index is 0.263. The average Bonchev–Trinajstić information content (AvgIpc) is 2.35. The number of hydrogen-bond donors (Lipinski definition) is 1. The summed E-state index contributed by atoms with van der Waals surface area (Å²) in [6, 6.07) is 7.04. The van der Waals surface area contributed by atoms with Crippen LogP contribution >= 0.6 is 0 Å². The van der Waals surface area contributed by atoms with E-state index in [9.17, 15) is 0 Å². The maximum absolute atomic E-state index is 3.24. The molecule has 0 spiro atoms. The van der Waals surface area contributed by atoms with Crippen molar-refractivity contribution < 1.29 is 0 Å². The number of hydrogen-bond acceptors (Lipinski definition) is 1. The van der Waals surface area contributed by atoms with Crippen molar-refractivity contribution in [2.45, 2.75) is 52.4 Å². The Bertz CT molecular complexity index is 353. The van der Waals surface area contributed by atoms with Crippen LogP contribution < -0.4 is 5.32 Å². The lowest BCUT2D eigenvalue weighted by Crippen LogP contribution is -2.23. The van der Waals surface area contributed by atoms with E-state index in [0.29, 0.717) is 0 Å². The van der Waals surface area contributed by atoms with Crippen LogP contribution in [-0.4, -0.2) is 13.6 Å². The zero-order valence-electron chi connectivity index (χ0n) is 12.1. The average molecular weight is 233 g/mol. The second-order valence-corrected chi connectivity index (χ2v) is 5.43. The summed E-state index contributed by atoms with van der Waals surface area (Å²) in [4.78, 5) is 0. The lowest BCUT2D eigenvalue weighted by molar-refractivity contribution is 0.468. The Balaban J connectivity index is 2.98. The molecule has 0 radical (unpaired) electrons. The summed E-state index contributed by atoms with van der Waals surface area (Å²) in [6.45, 7) is 10.2. The van der Waals surface area contributed by atoms with Crippen molar-refractivity contribution in [2.75, 3.05) is 13.6 Å². The van der Waals surface area contributed by atoms with Crippen molar-refractivity contribution in [3.8, 4) is 0 Å². The van der Waals surface area contributed by atoms with Gasteiger partial charge in [0.05, 0.1) is 0 Å². The van der Waals surface area contributed by atoms with Crippen molar-refractivity contribution in [1.82, 2.24) is 5.32 Å². The highest BCUT2D eigenvalue weighted by atomic mass is 14.8. The topological polar surface area (TPSA) is 12.0 Å². The van der Waals surface area contributed by atoms with Gasteiger partial charge in [-0.3, -0.25) is 0 Å². The normalized spacial score (nSPS) is 11.8. The second-order valence-electron chi connectivity index (χ2n) is 5.43. The van der Waals surface area contributed by atoms with Crippen molar-refractivity contribution in [3.63, 3.8) is 0 Å². The molecule has 0 saturated carbocycles. The van der Waals surface area contributed by atoms with Gasteiger partial charge in [0.2, 0.25) is 0 Å². The largest absolute Gasteiger partial charge is 0.320 e. The maximum atomic E-state index is 3.24. The first-order valence-electron chi connectivity index (χ1n) is 6.82. The fourth-order valence-corrected chi connectivity index (χ4v) is 2.30. The van der Waals surface area contributed by atoms with E-state index in [1.807, 2.05) is 7.05 Å². The van der Waals surface area contributed by atoms with Gasteiger partial charge in [0.15, 0.2) is 0 Å². The van der Waals surface area contributed by atoms with Crippen molar-refractivity contribution in [1.29, 1.82) is 0 Å². The van der Waals surface area contributed by atoms with Crippen LogP contribution in [-0.2, 0) is 18.3 Å². The van der Waals surface area contributed by atoms with E-state index in [1.165, 1.54) is 23.1 Å². The molecule has 0 aliphatic heterocycles. The fourth-order valence-electron chi connectivity index (χ4n) is 2.30. The van der Waals surface area contributed by atoms with Gasteiger partial charge in [0, 0.05) is 0 Å². The summed E-state index contributed by atoms with van der Waals surface area (Å²) in [6.07, 6.45) is 3.46. The molecule has 96 valence electrons. The van der Waals surface area contributed by atoms with E-state index in [1.54, 1.807) is 0 Å². The predicted octanol–water partition coefficient (Wildman–Crippen LogP) is 3.70. The molecule has 17 heavy (non-hydrogen) atoms. The molecule has 0 saturated heterocycles. The summed E-state index contributed by atoms with van der Waals surface area (Å²) in [7, 11) is 2.02. The summed E-state index contributed by atoms with van der Waals surface area (Å²) in [5.41, 5.74) is 4.75. The highest BCUT2D eigenvalue weighted by molar-refractivity contribution is 5.35. The lowest BCUT2D eigenvalue weighted by Gasteiger charge is -2.26. The monoisotopic (exact) mass is 233 g/mol. The molecule has 0 atom stereocenters. The number of nitrogens with one attached hydrogen (secondary N) is 1. The van der Waals surface area contributed by atoms with E-state index in [-0.39, 0.29) is 5.41 Å². The van der Waals surface area contributed by atoms with Crippen LogP contribution in [0, 0.1) is 0 Å². The highest BCUT2D eigenvalue weighted by Gasteiger charge is 2.20. The molecule has 1 rings (SSSR count). The Morgan fingerprint density at radius 1 is 1.06 bits per heavy atom. The van der Waals surface area contributed by atoms with Gasteiger partial charge in [-0.15, -0.1) is 0 Å². The second kappa shape index (κ2) is 6.20. The summed E-state index contributed by atoms with van der Waals surface area (Å²) >= 11 is 0. The highest BCUT2D eigenvalue weighted by Crippen LogP contribution is 2.28. The molecule has 1 aromatic rings. The number of benzene rings is 1. The third-order valence-corrected chi connectivity index (χ3v) is 3.75. The van der Waals surface area contributed by atoms with Gasteiger partial charge in [0.25, 0.3) is 0 Å². The molecule has 1 N–H and O–H groups in total. The van der Waals surface area contributed by atoms with Gasteiger partial charge in [-0.2, -0.15) is 0 Å². The molecule has 1 heteroatoms. The fraction of sp³-hybridized carbons (Fsp3) is 0.625. The third-order valence-electron chi connectivity index (χ3n) is 3.75. The predicted molar refractivity (Wildman–Crippen MR) is 76.8 cm³/mol. The molecule has 0 fully saturated rings. The van der Waals surface area contributed by atoms with Gasteiger partial charge < -0.3 is 5.32 Å². The van der Waals surface area contributed by atoms with Gasteiger partial charge in [-0.05, 0) is 55.0 Å². The molecule has 0 bridgehead atoms. The standard InChI is InChI=1S/C16H27N/c1-6-13-8-9-15(12-14(13)7-2)16(3,4)10-11-17-5/h8-9,12,17H,6-7,10-11H2,1-5H3. The molecule has 1 nitrogen and oxygen atoms in total. The first-order chi connectivity index (χ1) is 8.05. The van der Waals surface area contributed by atoms with Crippen LogP contribution in [0.25, 0.3) is 0 Å². The Morgan fingerprint density at radius 2 is 1.71 bits per heavy atom. The maximum Gasteiger partial charge on any atom is -0.00436 e. The first-order valence-corrected chi connectivity index (χ1v) is 6.82. The van der Waals surface area contributed by atoms with Crippen LogP contribution in [0.1, 0.15) is 50.8 Å². The van der Waals surface area contributed by atoms with Gasteiger partial charge in [-0.1, -0.05) is 45.9 Å². The Kier molecular flexibility index (Phi) is 5.20. The van der Waals surface area contributed by atoms with Gasteiger partial charge in [0.1, 0.15) is 0 Å². The van der Waals surface area contributed by atoms with E-state index in [0.717, 1.165) is 19.4 Å². The first kappa shape index (κ1) is 14.2. The van der Waals surface area contributed by atoms with E-state index >= 15 is 0 Å². The molecule has 1 aromatic carbocycles. The van der Waals surface area contributed by atoms with Gasteiger partial charge >= 0.3 is 0 Å². The van der Waals surface area contributed by atoms with Crippen molar-refractivity contribution in [2.24, 2.45) is 0 Å². The molecular formula is C16H27N. The molecule has 0 unspecified atom stereocenters. The van der Waals surface area contributed by atoms with E-state index in [2.05, 4.69) is 51.2 Å². The molecule has 0 aliphatic rings. The van der Waals surface area contributed by atoms with E-state index in [4.69, 9.17) is 0 Å². The minimum Gasteiger partial charge on any atom is -0.320 e. The summed E-state index contributed by atoms with van der Waals surface area (Å²) < 4.78 is 0. The van der Waals surface area contributed by atoms with E-state index < -0.39 is 0 Å². The quantitative estimate of drug-likeness (QED) is 0.790. The van der Waals surface area contributed by atoms with Crippen LogP contribution in [0.3, 0.4) is 0 Å². The van der Waals surface area contributed by atoms with Crippen molar-refractivity contribution >= 4 is 0 Å². The van der Waals surface area contributed by atoms with Gasteiger partial charge in [-0.25, -0.2) is 0 Å². The molecule has 0 heterocycles. The molecular weight excluding hydrogens is 206 g/mol. The van der Waals surface area contributed by atoms with Crippen LogP contribution in [0.4, 0.5) is 0 Å². The third kappa shape index (κ3) is 3.57. The Morgan fingerprint density at radius 3 is 2.24 bits per heavy atom. The zero-order valence-corrected chi connectivity index (χ0v) is 12.1. The van der Waals surface area contributed by atoms with Crippen molar-refractivity contribution in [3.05, 3.63) is 34.9 Å². The SMILES string of the molecule is CCc1ccc(C(C)(C)CCNC)cc1CC. The smallest absolute Gasteiger partial charge is 0.00436 e. The Hall–Kier alpha value is -0.820. The van der Waals surface area contributed by atoms with Crippen LogP contribution in [0.5, 0.6) is 0 Å². The number of aryl methyl sites for hydroxylation is 2. The number of rotatable bonds is 6. The summed E-state index contributed by atoms with van der Waals surface area (Å²) in [5, 5.41) is 3.24. The minimum atomic E-state index is 0.263. The molecule has 0 aromatic heterocycles.